The number of guanidine groups is 1. The van der Waals surface area contributed by atoms with Crippen molar-refractivity contribution in [1.82, 2.24) is 15.6 Å². The van der Waals surface area contributed by atoms with Gasteiger partial charge < -0.3 is 10.6 Å². The van der Waals surface area contributed by atoms with Gasteiger partial charge in [-0.15, -0.1) is 0 Å². The Bertz CT molecular complexity index is 407. The van der Waals surface area contributed by atoms with Crippen molar-refractivity contribution in [2.24, 2.45) is 10.4 Å². The number of unbranched alkanes of at least 4 members (excludes halogenated alkanes) is 1. The summed E-state index contributed by atoms with van der Waals surface area (Å²) < 4.78 is 0. The lowest BCUT2D eigenvalue weighted by Crippen LogP contribution is -2.37. The van der Waals surface area contributed by atoms with Crippen molar-refractivity contribution in [3.05, 3.63) is 30.1 Å². The number of aromatic nitrogens is 1. The minimum atomic E-state index is 0.428. The third-order valence-corrected chi connectivity index (χ3v) is 3.12. The second-order valence-electron chi connectivity index (χ2n) is 6.46. The van der Waals surface area contributed by atoms with E-state index < -0.39 is 0 Å². The van der Waals surface area contributed by atoms with E-state index in [-0.39, 0.29) is 0 Å². The van der Waals surface area contributed by atoms with Gasteiger partial charge in [-0.1, -0.05) is 33.3 Å². The van der Waals surface area contributed by atoms with Gasteiger partial charge >= 0.3 is 0 Å². The van der Waals surface area contributed by atoms with E-state index in [9.17, 15) is 0 Å². The largest absolute Gasteiger partial charge is 0.357 e. The van der Waals surface area contributed by atoms with Gasteiger partial charge in [-0.2, -0.15) is 0 Å². The topological polar surface area (TPSA) is 49.3 Å². The molecule has 1 aromatic rings. The SMILES string of the molecule is CCNC(=NCc1ccccn1)NCCCCC(C)(C)C. The Morgan fingerprint density at radius 1 is 1.19 bits per heavy atom. The van der Waals surface area contributed by atoms with Crippen molar-refractivity contribution < 1.29 is 0 Å². The quantitative estimate of drug-likeness (QED) is 0.460. The molecule has 1 aromatic heterocycles. The van der Waals surface area contributed by atoms with Gasteiger partial charge in [0.05, 0.1) is 12.2 Å². The summed E-state index contributed by atoms with van der Waals surface area (Å²) in [7, 11) is 0. The van der Waals surface area contributed by atoms with Gasteiger partial charge in [0.1, 0.15) is 0 Å². The smallest absolute Gasteiger partial charge is 0.191 e. The van der Waals surface area contributed by atoms with Gasteiger partial charge in [-0.05, 0) is 37.3 Å². The first kappa shape index (κ1) is 17.5. The van der Waals surface area contributed by atoms with Crippen molar-refractivity contribution >= 4 is 5.96 Å². The summed E-state index contributed by atoms with van der Waals surface area (Å²) >= 11 is 0. The van der Waals surface area contributed by atoms with Crippen molar-refractivity contribution in [3.63, 3.8) is 0 Å². The summed E-state index contributed by atoms with van der Waals surface area (Å²) in [6, 6.07) is 5.91. The molecule has 0 fully saturated rings. The van der Waals surface area contributed by atoms with Gasteiger partial charge in [-0.3, -0.25) is 4.98 Å². The summed E-state index contributed by atoms with van der Waals surface area (Å²) in [6.45, 7) is 11.4. The fraction of sp³-hybridized carbons (Fsp3) is 0.647. The van der Waals surface area contributed by atoms with Crippen LogP contribution >= 0.6 is 0 Å². The van der Waals surface area contributed by atoms with E-state index in [1.54, 1.807) is 6.20 Å². The molecule has 0 bridgehead atoms. The summed E-state index contributed by atoms with van der Waals surface area (Å²) in [4.78, 5) is 8.85. The highest BCUT2D eigenvalue weighted by atomic mass is 15.2. The minimum absolute atomic E-state index is 0.428. The van der Waals surface area contributed by atoms with Crippen LogP contribution in [0.2, 0.25) is 0 Å². The Morgan fingerprint density at radius 3 is 2.62 bits per heavy atom. The molecule has 4 heteroatoms. The maximum absolute atomic E-state index is 4.56. The van der Waals surface area contributed by atoms with Crippen LogP contribution in [0.3, 0.4) is 0 Å². The lowest BCUT2D eigenvalue weighted by molar-refractivity contribution is 0.360. The Balaban J connectivity index is 2.32. The third-order valence-electron chi connectivity index (χ3n) is 3.12. The molecule has 21 heavy (non-hydrogen) atoms. The molecule has 0 amide bonds. The fourth-order valence-electron chi connectivity index (χ4n) is 1.98. The van der Waals surface area contributed by atoms with Crippen LogP contribution in [0.1, 0.15) is 52.7 Å². The molecule has 0 spiro atoms. The molecule has 0 aromatic carbocycles. The molecule has 0 unspecified atom stereocenters. The lowest BCUT2D eigenvalue weighted by Gasteiger charge is -2.18. The Kier molecular flexibility index (Phi) is 7.80. The predicted octanol–water partition coefficient (Wildman–Crippen LogP) is 3.35. The van der Waals surface area contributed by atoms with E-state index in [1.807, 2.05) is 18.2 Å². The average molecular weight is 290 g/mol. The van der Waals surface area contributed by atoms with E-state index in [1.165, 1.54) is 19.3 Å². The van der Waals surface area contributed by atoms with Crippen LogP contribution in [0.25, 0.3) is 0 Å². The Morgan fingerprint density at radius 2 is 2.00 bits per heavy atom. The molecule has 1 heterocycles. The molecule has 2 N–H and O–H groups in total. The maximum Gasteiger partial charge on any atom is 0.191 e. The highest BCUT2D eigenvalue weighted by Gasteiger charge is 2.08. The number of nitrogens with one attached hydrogen (secondary N) is 2. The Labute approximate surface area is 129 Å². The molecule has 0 saturated heterocycles. The van der Waals surface area contributed by atoms with Crippen LogP contribution in [0.5, 0.6) is 0 Å². The predicted molar refractivity (Wildman–Crippen MR) is 90.4 cm³/mol. The highest BCUT2D eigenvalue weighted by Crippen LogP contribution is 2.21. The van der Waals surface area contributed by atoms with Crippen LogP contribution in [0.15, 0.2) is 29.4 Å². The summed E-state index contributed by atoms with van der Waals surface area (Å²) in [6.07, 6.45) is 5.48. The van der Waals surface area contributed by atoms with Crippen LogP contribution in [0, 0.1) is 5.41 Å². The van der Waals surface area contributed by atoms with E-state index in [0.717, 1.165) is 24.7 Å². The van der Waals surface area contributed by atoms with Crippen molar-refractivity contribution in [3.8, 4) is 0 Å². The van der Waals surface area contributed by atoms with E-state index in [2.05, 4.69) is 48.3 Å². The number of nitrogens with zero attached hydrogens (tertiary/aromatic N) is 2. The Hall–Kier alpha value is -1.58. The van der Waals surface area contributed by atoms with Gasteiger partial charge in [0.2, 0.25) is 0 Å². The summed E-state index contributed by atoms with van der Waals surface area (Å²) in [5.74, 6) is 0.874. The van der Waals surface area contributed by atoms with Crippen LogP contribution in [-0.2, 0) is 6.54 Å². The average Bonchev–Trinajstić information content (AvgIpc) is 2.44. The molecule has 0 aliphatic rings. The van der Waals surface area contributed by atoms with Crippen molar-refractivity contribution in [1.29, 1.82) is 0 Å². The zero-order valence-electron chi connectivity index (χ0n) is 13.9. The van der Waals surface area contributed by atoms with E-state index >= 15 is 0 Å². The molecule has 4 nitrogen and oxygen atoms in total. The van der Waals surface area contributed by atoms with Crippen molar-refractivity contribution in [2.45, 2.75) is 53.5 Å². The lowest BCUT2D eigenvalue weighted by atomic mass is 9.90. The molecular formula is C17H30N4. The number of pyridine rings is 1. The molecule has 0 radical (unpaired) electrons. The van der Waals surface area contributed by atoms with Crippen LogP contribution in [-0.4, -0.2) is 24.0 Å². The van der Waals surface area contributed by atoms with Gasteiger partial charge in [-0.25, -0.2) is 4.99 Å². The number of rotatable bonds is 7. The molecule has 0 aliphatic carbocycles. The minimum Gasteiger partial charge on any atom is -0.357 e. The number of hydrogen-bond acceptors (Lipinski definition) is 2. The number of aliphatic imine (C=N–C) groups is 1. The first-order valence-electron chi connectivity index (χ1n) is 7.93. The van der Waals surface area contributed by atoms with E-state index in [4.69, 9.17) is 0 Å². The maximum atomic E-state index is 4.56. The fourth-order valence-corrected chi connectivity index (χ4v) is 1.98. The standard InChI is InChI=1S/C17H30N4/c1-5-18-16(20-13-9-7-11-17(2,3)4)21-14-15-10-6-8-12-19-15/h6,8,10,12H,5,7,9,11,13-14H2,1-4H3,(H2,18,20,21). The molecule has 118 valence electrons. The monoisotopic (exact) mass is 290 g/mol. The van der Waals surface area contributed by atoms with Crippen LogP contribution in [0.4, 0.5) is 0 Å². The molecule has 1 rings (SSSR count). The first-order valence-corrected chi connectivity index (χ1v) is 7.93. The van der Waals surface area contributed by atoms with Gasteiger partial charge in [0.25, 0.3) is 0 Å². The second kappa shape index (κ2) is 9.37. The van der Waals surface area contributed by atoms with E-state index in [0.29, 0.717) is 12.0 Å². The third kappa shape index (κ3) is 9.05. The zero-order chi connectivity index (χ0) is 15.6. The second-order valence-corrected chi connectivity index (χ2v) is 6.46. The normalized spacial score (nSPS) is 12.3. The first-order chi connectivity index (χ1) is 10.0. The summed E-state index contributed by atoms with van der Waals surface area (Å²) in [5, 5.41) is 6.66. The van der Waals surface area contributed by atoms with Gasteiger partial charge in [0, 0.05) is 19.3 Å². The number of hydrogen-bond donors (Lipinski definition) is 2. The molecular weight excluding hydrogens is 260 g/mol. The molecule has 0 aliphatic heterocycles. The zero-order valence-corrected chi connectivity index (χ0v) is 13.9. The molecule has 0 atom stereocenters. The van der Waals surface area contributed by atoms with Crippen LogP contribution < -0.4 is 10.6 Å². The highest BCUT2D eigenvalue weighted by molar-refractivity contribution is 5.79. The summed E-state index contributed by atoms with van der Waals surface area (Å²) in [5.41, 5.74) is 1.42. The molecule has 0 saturated carbocycles. The van der Waals surface area contributed by atoms with Crippen molar-refractivity contribution in [2.75, 3.05) is 13.1 Å². The van der Waals surface area contributed by atoms with Gasteiger partial charge in [0.15, 0.2) is 5.96 Å².